The molecule has 9 atom stereocenters. The average molecular weight is 503 g/mol. The molecule has 198 valence electrons. The van der Waals surface area contributed by atoms with E-state index in [1.54, 1.807) is 31.2 Å². The van der Waals surface area contributed by atoms with Crippen molar-refractivity contribution in [2.75, 3.05) is 19.8 Å². The zero-order valence-electron chi connectivity index (χ0n) is 19.6. The van der Waals surface area contributed by atoms with Crippen LogP contribution in [0.3, 0.4) is 0 Å². The van der Waals surface area contributed by atoms with E-state index in [0.29, 0.717) is 12.0 Å². The van der Waals surface area contributed by atoms with Gasteiger partial charge in [-0.3, -0.25) is 4.79 Å². The summed E-state index contributed by atoms with van der Waals surface area (Å²) in [5.41, 5.74) is -1.33. The van der Waals surface area contributed by atoms with Gasteiger partial charge in [0.15, 0.2) is 18.0 Å². The molecule has 0 saturated carbocycles. The predicted octanol–water partition coefficient (Wildman–Crippen LogP) is -1.58. The molecule has 1 aromatic rings. The highest BCUT2D eigenvalue weighted by atomic mass is 16.8. The maximum atomic E-state index is 12.0. The lowest BCUT2D eigenvalue weighted by Gasteiger charge is -2.42. The van der Waals surface area contributed by atoms with Crippen LogP contribution in [0.25, 0.3) is 0 Å². The molecule has 12 nitrogen and oxygen atoms in total. The van der Waals surface area contributed by atoms with E-state index in [1.807, 2.05) is 6.92 Å². The Morgan fingerprint density at radius 3 is 2.43 bits per heavy atom. The molecular formula is C23H34O12. The number of hydrogen-bond donors (Lipinski definition) is 6. The Hall–Kier alpha value is -1.87. The summed E-state index contributed by atoms with van der Waals surface area (Å²) in [5, 5.41) is 61.1. The van der Waals surface area contributed by atoms with Gasteiger partial charge in [-0.2, -0.15) is 0 Å². The van der Waals surface area contributed by atoms with Gasteiger partial charge >= 0.3 is 5.97 Å². The van der Waals surface area contributed by atoms with Gasteiger partial charge in [-0.25, -0.2) is 0 Å². The Morgan fingerprint density at radius 2 is 1.83 bits per heavy atom. The Kier molecular flexibility index (Phi) is 9.43. The summed E-state index contributed by atoms with van der Waals surface area (Å²) in [6.45, 7) is 1.74. The van der Waals surface area contributed by atoms with Gasteiger partial charge in [0.1, 0.15) is 36.8 Å². The smallest absolute Gasteiger partial charge is 0.308 e. The summed E-state index contributed by atoms with van der Waals surface area (Å²) in [4.78, 5) is 12.0. The van der Waals surface area contributed by atoms with E-state index in [2.05, 4.69) is 0 Å². The molecule has 0 unspecified atom stereocenters. The van der Waals surface area contributed by atoms with Crippen molar-refractivity contribution >= 4 is 5.97 Å². The molecular weight excluding hydrogens is 468 g/mol. The quantitative estimate of drug-likeness (QED) is 0.202. The highest BCUT2D eigenvalue weighted by Crippen LogP contribution is 2.32. The van der Waals surface area contributed by atoms with Gasteiger partial charge in [-0.1, -0.05) is 26.0 Å². The Balaban J connectivity index is 1.71. The first-order valence-corrected chi connectivity index (χ1v) is 11.5. The Labute approximate surface area is 202 Å². The lowest BCUT2D eigenvalue weighted by molar-refractivity contribution is -0.318. The van der Waals surface area contributed by atoms with Gasteiger partial charge in [-0.05, 0) is 24.1 Å². The van der Waals surface area contributed by atoms with Crippen LogP contribution in [0.15, 0.2) is 24.3 Å². The third-order valence-corrected chi connectivity index (χ3v) is 6.26. The molecule has 0 radical (unpaired) electrons. The summed E-state index contributed by atoms with van der Waals surface area (Å²) >= 11 is 0. The molecule has 0 bridgehead atoms. The molecule has 2 saturated heterocycles. The second-order valence-electron chi connectivity index (χ2n) is 8.87. The number of carbonyl (C=O) groups excluding carboxylic acids is 1. The Bertz CT molecular complexity index is 819. The number of esters is 1. The summed E-state index contributed by atoms with van der Waals surface area (Å²) in [6.07, 6.45) is -9.71. The van der Waals surface area contributed by atoms with Crippen LogP contribution in [-0.2, 0) is 30.3 Å². The molecule has 1 aromatic carbocycles. The predicted molar refractivity (Wildman–Crippen MR) is 117 cm³/mol. The van der Waals surface area contributed by atoms with Crippen LogP contribution >= 0.6 is 0 Å². The molecule has 0 amide bonds. The average Bonchev–Trinajstić information content (AvgIpc) is 3.15. The number of aliphatic hydroxyl groups is 6. The van der Waals surface area contributed by atoms with Crippen LogP contribution in [0.1, 0.15) is 25.8 Å². The summed E-state index contributed by atoms with van der Waals surface area (Å²) in [6, 6.07) is 6.30. The van der Waals surface area contributed by atoms with Crippen LogP contribution in [0.2, 0.25) is 0 Å². The van der Waals surface area contributed by atoms with E-state index in [1.165, 1.54) is 0 Å². The fourth-order valence-electron chi connectivity index (χ4n) is 3.66. The zero-order valence-corrected chi connectivity index (χ0v) is 19.6. The van der Waals surface area contributed by atoms with Gasteiger partial charge < -0.3 is 54.3 Å². The summed E-state index contributed by atoms with van der Waals surface area (Å²) in [5.74, 6) is -0.639. The molecule has 0 aromatic heterocycles. The molecule has 2 aliphatic heterocycles. The van der Waals surface area contributed by atoms with E-state index in [9.17, 15) is 35.4 Å². The van der Waals surface area contributed by atoms with E-state index in [4.69, 9.17) is 23.7 Å². The lowest BCUT2D eigenvalue weighted by atomic mass is 9.98. The molecule has 35 heavy (non-hydrogen) atoms. The van der Waals surface area contributed by atoms with E-state index in [0.717, 1.165) is 0 Å². The molecule has 6 N–H and O–H groups in total. The highest BCUT2D eigenvalue weighted by molar-refractivity contribution is 5.71. The Morgan fingerprint density at radius 1 is 1.14 bits per heavy atom. The van der Waals surface area contributed by atoms with Gasteiger partial charge in [0.2, 0.25) is 6.29 Å². The molecule has 12 heteroatoms. The largest absolute Gasteiger partial charge is 0.462 e. The summed E-state index contributed by atoms with van der Waals surface area (Å²) < 4.78 is 27.5. The fraction of sp³-hybridized carbons (Fsp3) is 0.696. The first kappa shape index (κ1) is 27.7. The maximum absolute atomic E-state index is 12.0. The summed E-state index contributed by atoms with van der Waals surface area (Å²) in [7, 11) is 0. The van der Waals surface area contributed by atoms with Crippen LogP contribution in [-0.4, -0.2) is 105 Å². The maximum Gasteiger partial charge on any atom is 0.308 e. The van der Waals surface area contributed by atoms with Crippen molar-refractivity contribution < 1.29 is 59.1 Å². The van der Waals surface area contributed by atoms with Crippen molar-refractivity contribution in [2.45, 2.75) is 75.6 Å². The number of benzene rings is 1. The van der Waals surface area contributed by atoms with Gasteiger partial charge in [0.25, 0.3) is 0 Å². The van der Waals surface area contributed by atoms with E-state index >= 15 is 0 Å². The number of hydrogen-bond acceptors (Lipinski definition) is 12. The van der Waals surface area contributed by atoms with Crippen LogP contribution in [0.5, 0.6) is 5.75 Å². The molecule has 2 fully saturated rings. The third kappa shape index (κ3) is 6.28. The van der Waals surface area contributed by atoms with Crippen LogP contribution < -0.4 is 4.74 Å². The first-order chi connectivity index (χ1) is 16.6. The fourth-order valence-corrected chi connectivity index (χ4v) is 3.66. The van der Waals surface area contributed by atoms with Crippen molar-refractivity contribution in [3.05, 3.63) is 29.8 Å². The van der Waals surface area contributed by atoms with Crippen molar-refractivity contribution in [3.8, 4) is 5.75 Å². The normalized spacial score (nSPS) is 36.1. The second-order valence-corrected chi connectivity index (χ2v) is 8.87. The monoisotopic (exact) mass is 502 g/mol. The molecule has 0 spiro atoms. The molecule has 0 aliphatic carbocycles. The molecule has 3 rings (SSSR count). The first-order valence-electron chi connectivity index (χ1n) is 11.5. The minimum atomic E-state index is -1.96. The number of carbonyl (C=O) groups is 1. The second kappa shape index (κ2) is 11.9. The highest BCUT2D eigenvalue weighted by Gasteiger charge is 2.54. The minimum Gasteiger partial charge on any atom is -0.462 e. The molecule has 2 heterocycles. The van der Waals surface area contributed by atoms with Crippen molar-refractivity contribution in [1.82, 2.24) is 0 Å². The number of ether oxygens (including phenoxy) is 5. The standard InChI is InChI=1S/C23H34O12/c1-3-12(2)20(29)31-10-23(30)11-32-22(19(23)28)35-18-17(27)16(26)15(9-25)34-21(18)33-14-6-4-13(8-24)5-7-14/h4-7,12,15-19,21-22,24-28,30H,3,8-11H2,1-2H3/t12-,15-,16+,17+,18-,19+,21-,22-,23+/m0/s1. The molecule has 2 aliphatic rings. The van der Waals surface area contributed by atoms with Gasteiger partial charge in [0, 0.05) is 0 Å². The van der Waals surface area contributed by atoms with Crippen molar-refractivity contribution in [1.29, 1.82) is 0 Å². The SMILES string of the molecule is CC[C@H](C)C(=O)OC[C@@]1(O)CO[C@@H](O[C@@H]2[C@@H](Oc3ccc(CO)cc3)O[C@@H](CO)[C@@H](O)[C@H]2O)[C@H]1O. The minimum absolute atomic E-state index is 0.171. The lowest BCUT2D eigenvalue weighted by Crippen LogP contribution is -2.62. The third-order valence-electron chi connectivity index (χ3n) is 6.26. The van der Waals surface area contributed by atoms with Gasteiger partial charge in [0.05, 0.1) is 25.7 Å². The van der Waals surface area contributed by atoms with Gasteiger partial charge in [-0.15, -0.1) is 0 Å². The zero-order chi connectivity index (χ0) is 25.8. The van der Waals surface area contributed by atoms with Crippen molar-refractivity contribution in [2.24, 2.45) is 5.92 Å². The van der Waals surface area contributed by atoms with Crippen molar-refractivity contribution in [3.63, 3.8) is 0 Å². The van der Waals surface area contributed by atoms with Crippen LogP contribution in [0, 0.1) is 5.92 Å². The number of rotatable bonds is 10. The van der Waals surface area contributed by atoms with Crippen LogP contribution in [0.4, 0.5) is 0 Å². The van der Waals surface area contributed by atoms with E-state index in [-0.39, 0.29) is 18.3 Å². The van der Waals surface area contributed by atoms with E-state index < -0.39 is 74.5 Å². The topological polar surface area (TPSA) is 185 Å². The number of aliphatic hydroxyl groups excluding tert-OH is 5.